The highest BCUT2D eigenvalue weighted by atomic mass is 35.5. The predicted molar refractivity (Wildman–Crippen MR) is 145 cm³/mol. The Morgan fingerprint density at radius 1 is 0.806 bits per heavy atom. The Bertz CT molecular complexity index is 1520. The van der Waals surface area contributed by atoms with E-state index >= 15 is 0 Å². The number of aryl methyl sites for hydroxylation is 2. The Hall–Kier alpha value is -3.61. The van der Waals surface area contributed by atoms with Crippen LogP contribution in [0.5, 0.6) is 0 Å². The lowest BCUT2D eigenvalue weighted by Crippen LogP contribution is -2.30. The minimum atomic E-state index is -4.04. The molecule has 0 aromatic heterocycles. The molecule has 7 heteroatoms. The van der Waals surface area contributed by atoms with Crippen LogP contribution in [0.15, 0.2) is 95.9 Å². The molecule has 36 heavy (non-hydrogen) atoms. The smallest absolute Gasteiger partial charge is 0.263 e. The van der Waals surface area contributed by atoms with E-state index in [1.54, 1.807) is 12.1 Å². The maximum absolute atomic E-state index is 13.4. The Morgan fingerprint density at radius 2 is 1.47 bits per heavy atom. The van der Waals surface area contributed by atoms with Crippen LogP contribution in [0.2, 0.25) is 5.02 Å². The second kappa shape index (κ2) is 10.6. The summed E-state index contributed by atoms with van der Waals surface area (Å²) in [5.74, 6) is -0.410. The van der Waals surface area contributed by atoms with Crippen molar-refractivity contribution in [1.82, 2.24) is 5.32 Å². The summed E-state index contributed by atoms with van der Waals surface area (Å²) in [5.41, 5.74) is 5.32. The number of sulfonamides is 1. The highest BCUT2D eigenvalue weighted by Gasteiger charge is 2.24. The van der Waals surface area contributed by atoms with Gasteiger partial charge in [0.1, 0.15) is 4.90 Å². The summed E-state index contributed by atoms with van der Waals surface area (Å²) in [6.45, 7) is 5.74. The van der Waals surface area contributed by atoms with E-state index in [9.17, 15) is 13.2 Å². The van der Waals surface area contributed by atoms with Gasteiger partial charge in [0.15, 0.2) is 0 Å². The fraction of sp³-hybridized carbons (Fsp3) is 0.138. The molecule has 0 aliphatic heterocycles. The molecule has 1 amide bonds. The van der Waals surface area contributed by atoms with Crippen LogP contribution in [-0.2, 0) is 10.0 Å². The maximum Gasteiger partial charge on any atom is 0.263 e. The molecule has 0 saturated carbocycles. The summed E-state index contributed by atoms with van der Waals surface area (Å²) in [4.78, 5) is 13.2. The number of carbonyl (C=O) groups excluding carboxylic acids is 1. The van der Waals surface area contributed by atoms with Gasteiger partial charge in [-0.05, 0) is 72.9 Å². The van der Waals surface area contributed by atoms with E-state index in [-0.39, 0.29) is 15.5 Å². The molecule has 0 aliphatic carbocycles. The number of amides is 1. The van der Waals surface area contributed by atoms with Crippen LogP contribution in [0, 0.1) is 20.8 Å². The van der Waals surface area contributed by atoms with Crippen LogP contribution in [0.4, 0.5) is 5.69 Å². The predicted octanol–water partition coefficient (Wildman–Crippen LogP) is 6.59. The Kier molecular flexibility index (Phi) is 7.48. The lowest BCUT2D eigenvalue weighted by Gasteiger charge is -2.22. The first-order valence-electron chi connectivity index (χ1n) is 11.5. The van der Waals surface area contributed by atoms with Crippen molar-refractivity contribution in [3.8, 4) is 0 Å². The summed E-state index contributed by atoms with van der Waals surface area (Å²) in [5, 5.41) is 3.10. The van der Waals surface area contributed by atoms with Gasteiger partial charge in [-0.1, -0.05) is 78.3 Å². The zero-order valence-corrected chi connectivity index (χ0v) is 21.8. The van der Waals surface area contributed by atoms with Crippen LogP contribution in [0.1, 0.15) is 44.2 Å². The van der Waals surface area contributed by atoms with Crippen molar-refractivity contribution in [1.29, 1.82) is 0 Å². The number of hydrogen-bond donors (Lipinski definition) is 2. The summed E-state index contributed by atoms with van der Waals surface area (Å²) in [7, 11) is -4.04. The van der Waals surface area contributed by atoms with E-state index < -0.39 is 22.0 Å². The third-order valence-corrected chi connectivity index (χ3v) is 8.09. The van der Waals surface area contributed by atoms with Crippen molar-refractivity contribution >= 4 is 33.2 Å². The van der Waals surface area contributed by atoms with Gasteiger partial charge >= 0.3 is 0 Å². The van der Waals surface area contributed by atoms with E-state index in [0.717, 1.165) is 27.8 Å². The molecule has 5 nitrogen and oxygen atoms in total. The minimum Gasteiger partial charge on any atom is -0.341 e. The van der Waals surface area contributed by atoms with Gasteiger partial charge < -0.3 is 5.32 Å². The van der Waals surface area contributed by atoms with Gasteiger partial charge in [0, 0.05) is 5.56 Å². The summed E-state index contributed by atoms with van der Waals surface area (Å²) < 4.78 is 29.1. The van der Waals surface area contributed by atoms with Gasteiger partial charge in [-0.25, -0.2) is 8.42 Å². The zero-order chi connectivity index (χ0) is 25.9. The normalized spacial score (nSPS) is 12.1. The van der Waals surface area contributed by atoms with Crippen LogP contribution in [-0.4, -0.2) is 14.3 Å². The number of nitrogens with one attached hydrogen (secondary N) is 2. The number of halogens is 1. The molecule has 4 rings (SSSR count). The van der Waals surface area contributed by atoms with Crippen molar-refractivity contribution in [3.05, 3.63) is 129 Å². The Labute approximate surface area is 217 Å². The number of hydrogen-bond acceptors (Lipinski definition) is 3. The van der Waals surface area contributed by atoms with E-state index in [4.69, 9.17) is 11.6 Å². The quantitative estimate of drug-likeness (QED) is 0.290. The Balaban J connectivity index is 1.67. The largest absolute Gasteiger partial charge is 0.341 e. The van der Waals surface area contributed by atoms with Crippen LogP contribution < -0.4 is 10.0 Å². The number of rotatable bonds is 7. The first-order valence-corrected chi connectivity index (χ1v) is 13.3. The number of benzene rings is 4. The molecule has 1 atom stereocenters. The Morgan fingerprint density at radius 3 is 2.19 bits per heavy atom. The van der Waals surface area contributed by atoms with E-state index in [2.05, 4.69) is 10.0 Å². The van der Waals surface area contributed by atoms with E-state index in [1.165, 1.54) is 18.2 Å². The minimum absolute atomic E-state index is 0.0304. The third kappa shape index (κ3) is 5.45. The van der Waals surface area contributed by atoms with Gasteiger partial charge in [0.05, 0.1) is 16.8 Å². The molecule has 0 saturated heterocycles. The monoisotopic (exact) mass is 518 g/mol. The summed E-state index contributed by atoms with van der Waals surface area (Å²) in [6, 6.07) is 26.7. The second-order valence-electron chi connectivity index (χ2n) is 8.67. The summed E-state index contributed by atoms with van der Waals surface area (Å²) >= 11 is 6.29. The van der Waals surface area contributed by atoms with Crippen LogP contribution in [0.3, 0.4) is 0 Å². The molecular formula is C29H27ClN2O3S. The molecule has 4 aromatic rings. The fourth-order valence-corrected chi connectivity index (χ4v) is 5.67. The van der Waals surface area contributed by atoms with Gasteiger partial charge in [-0.3, -0.25) is 9.52 Å². The zero-order valence-electron chi connectivity index (χ0n) is 20.2. The van der Waals surface area contributed by atoms with Gasteiger partial charge in [-0.15, -0.1) is 0 Å². The maximum atomic E-state index is 13.4. The second-order valence-corrected chi connectivity index (χ2v) is 10.7. The molecule has 0 radical (unpaired) electrons. The van der Waals surface area contributed by atoms with E-state index in [1.807, 2.05) is 81.4 Å². The lowest BCUT2D eigenvalue weighted by molar-refractivity contribution is 0.0942. The average Bonchev–Trinajstić information content (AvgIpc) is 2.86. The van der Waals surface area contributed by atoms with Crippen LogP contribution >= 0.6 is 11.6 Å². The first-order chi connectivity index (χ1) is 17.2. The van der Waals surface area contributed by atoms with Crippen molar-refractivity contribution in [3.63, 3.8) is 0 Å². The van der Waals surface area contributed by atoms with E-state index in [0.29, 0.717) is 5.69 Å². The number of anilines is 1. The molecule has 0 fully saturated rings. The molecule has 184 valence electrons. The molecule has 2 N–H and O–H groups in total. The highest BCUT2D eigenvalue weighted by molar-refractivity contribution is 7.92. The van der Waals surface area contributed by atoms with Crippen LogP contribution in [0.25, 0.3) is 0 Å². The molecule has 4 aromatic carbocycles. The molecule has 0 heterocycles. The number of carbonyl (C=O) groups is 1. The third-order valence-electron chi connectivity index (χ3n) is 6.24. The summed E-state index contributed by atoms with van der Waals surface area (Å²) in [6.07, 6.45) is 0. The molecular weight excluding hydrogens is 492 g/mol. The molecule has 0 spiro atoms. The topological polar surface area (TPSA) is 75.3 Å². The lowest BCUT2D eigenvalue weighted by atomic mass is 9.94. The highest BCUT2D eigenvalue weighted by Crippen LogP contribution is 2.29. The first kappa shape index (κ1) is 25.5. The molecule has 0 bridgehead atoms. The van der Waals surface area contributed by atoms with Crippen molar-refractivity contribution in [2.24, 2.45) is 0 Å². The molecule has 0 aliphatic rings. The average molecular weight is 519 g/mol. The fourth-order valence-electron chi connectivity index (χ4n) is 4.02. The van der Waals surface area contributed by atoms with Crippen molar-refractivity contribution in [2.75, 3.05) is 4.72 Å². The SMILES string of the molecule is Cc1ccccc1[C@@H](NC(=O)c1ccc(Cl)c(S(=O)(=O)Nc2cccc(C)c2C)c1)c1ccccc1. The van der Waals surface area contributed by atoms with Gasteiger partial charge in [-0.2, -0.15) is 0 Å². The van der Waals surface area contributed by atoms with Gasteiger partial charge in [0.2, 0.25) is 0 Å². The van der Waals surface area contributed by atoms with Gasteiger partial charge in [0.25, 0.3) is 15.9 Å². The molecule has 0 unspecified atom stereocenters. The van der Waals surface area contributed by atoms with Crippen molar-refractivity contribution < 1.29 is 13.2 Å². The standard InChI is InChI=1S/C29H27ClN2O3S/c1-19-11-9-15-26(21(19)3)32-36(34,35)27-18-23(16-17-25(27)30)29(33)31-28(22-12-5-4-6-13-22)24-14-8-7-10-20(24)2/h4-18,28,32H,1-3H3,(H,31,33)/t28-/m0/s1. The van der Waals surface area contributed by atoms with Crippen molar-refractivity contribution in [2.45, 2.75) is 31.7 Å².